The third-order valence-electron chi connectivity index (χ3n) is 4.80. The fraction of sp³-hybridized carbons (Fsp3) is 0.350. The molecule has 0 spiro atoms. The summed E-state index contributed by atoms with van der Waals surface area (Å²) >= 11 is 0. The van der Waals surface area contributed by atoms with E-state index in [1.807, 2.05) is 0 Å². The zero-order chi connectivity index (χ0) is 22.2. The molecule has 0 saturated carbocycles. The minimum Gasteiger partial charge on any atom is -0.497 e. The number of hydrogen-bond acceptors (Lipinski definition) is 4. The molecule has 3 rings (SSSR count). The number of H-pyrrole nitrogens is 1. The van der Waals surface area contributed by atoms with Gasteiger partial charge < -0.3 is 19.6 Å². The minimum absolute atomic E-state index is 0.250. The average Bonchev–Trinajstić information content (AvgIpc) is 3.05. The third kappa shape index (κ3) is 4.03. The van der Waals surface area contributed by atoms with Gasteiger partial charge in [-0.25, -0.2) is 0 Å². The van der Waals surface area contributed by atoms with Crippen LogP contribution >= 0.6 is 0 Å². The second-order valence-electron chi connectivity index (χ2n) is 7.23. The van der Waals surface area contributed by atoms with Crippen LogP contribution in [-0.4, -0.2) is 40.6 Å². The average molecular weight is 423 g/mol. The Morgan fingerprint density at radius 1 is 1.20 bits per heavy atom. The number of methoxy groups -OCH3 is 1. The van der Waals surface area contributed by atoms with E-state index in [0.29, 0.717) is 16.7 Å². The predicted molar refractivity (Wildman–Crippen MR) is 104 cm³/mol. The zero-order valence-corrected chi connectivity index (χ0v) is 16.5. The summed E-state index contributed by atoms with van der Waals surface area (Å²) in [4.78, 5) is 39.6. The molecule has 1 aromatic carbocycles. The van der Waals surface area contributed by atoms with Crippen LogP contribution in [-0.2, 0) is 16.1 Å². The smallest absolute Gasteiger partial charge is 0.452 e. The van der Waals surface area contributed by atoms with E-state index in [2.05, 4.69) is 10.3 Å². The molecule has 1 atom stereocenters. The van der Waals surface area contributed by atoms with Crippen LogP contribution in [0.25, 0.3) is 21.8 Å². The molecule has 2 heterocycles. The highest BCUT2D eigenvalue weighted by atomic mass is 19.4. The lowest BCUT2D eigenvalue weighted by molar-refractivity contribution is -0.174. The number of Topliss-reactive ketones (excluding diaryl/α,β-unsaturated/α-hetero) is 1. The molecule has 0 aliphatic rings. The van der Waals surface area contributed by atoms with Crippen LogP contribution in [0, 0.1) is 5.92 Å². The number of hydrogen-bond donors (Lipinski definition) is 2. The number of carbonyl (C=O) groups excluding carboxylic acids is 2. The quantitative estimate of drug-likeness (QED) is 0.638. The van der Waals surface area contributed by atoms with E-state index in [1.54, 1.807) is 24.3 Å². The van der Waals surface area contributed by atoms with Crippen molar-refractivity contribution < 1.29 is 27.5 Å². The molecule has 0 saturated heterocycles. The van der Waals surface area contributed by atoms with Gasteiger partial charge in [-0.15, -0.1) is 0 Å². The topological polar surface area (TPSA) is 93.2 Å². The first-order valence-electron chi connectivity index (χ1n) is 9.12. The van der Waals surface area contributed by atoms with Crippen molar-refractivity contribution in [3.05, 3.63) is 40.8 Å². The number of ether oxygens (including phenoxy) is 1. The standard InChI is InChI=1S/C20H20F3N3O4/c1-10(2)16(18(28)20(21,22)23)25-15(27)9-26-7-6-12-13-8-11(30-3)4-5-14(13)24-17(12)19(26)29/h4-8,10,16,24H,9H2,1-3H3,(H,25,27). The molecule has 1 amide bonds. The first-order valence-corrected chi connectivity index (χ1v) is 9.12. The molecule has 3 aromatic rings. The Morgan fingerprint density at radius 3 is 2.50 bits per heavy atom. The normalized spacial score (nSPS) is 13.0. The number of rotatable bonds is 6. The van der Waals surface area contributed by atoms with Crippen LogP contribution in [0.15, 0.2) is 35.3 Å². The van der Waals surface area contributed by atoms with Crippen molar-refractivity contribution in [1.29, 1.82) is 0 Å². The van der Waals surface area contributed by atoms with Gasteiger partial charge >= 0.3 is 6.18 Å². The molecule has 10 heteroatoms. The van der Waals surface area contributed by atoms with E-state index in [9.17, 15) is 27.6 Å². The molecule has 0 aliphatic heterocycles. The Labute approximate surface area is 168 Å². The van der Waals surface area contributed by atoms with Gasteiger partial charge in [-0.05, 0) is 30.2 Å². The number of carbonyl (C=O) groups is 2. The number of amides is 1. The first kappa shape index (κ1) is 21.4. The van der Waals surface area contributed by atoms with Gasteiger partial charge in [-0.1, -0.05) is 13.8 Å². The number of nitrogens with zero attached hydrogens (tertiary/aromatic N) is 1. The molecular formula is C20H20F3N3O4. The molecule has 0 fully saturated rings. The summed E-state index contributed by atoms with van der Waals surface area (Å²) in [5.74, 6) is -3.06. The van der Waals surface area contributed by atoms with Gasteiger partial charge in [0.25, 0.3) is 11.3 Å². The van der Waals surface area contributed by atoms with Gasteiger partial charge in [-0.3, -0.25) is 14.4 Å². The lowest BCUT2D eigenvalue weighted by Gasteiger charge is -2.22. The van der Waals surface area contributed by atoms with Gasteiger partial charge in [-0.2, -0.15) is 13.2 Å². The maximum Gasteiger partial charge on any atom is 0.452 e. The number of aromatic amines is 1. The lowest BCUT2D eigenvalue weighted by Crippen LogP contribution is -2.50. The molecule has 0 aliphatic carbocycles. The second kappa shape index (κ2) is 7.85. The molecule has 160 valence electrons. The summed E-state index contributed by atoms with van der Waals surface area (Å²) in [7, 11) is 1.52. The number of nitrogens with one attached hydrogen (secondary N) is 2. The highest BCUT2D eigenvalue weighted by molar-refractivity contribution is 6.07. The Morgan fingerprint density at radius 2 is 1.90 bits per heavy atom. The Hall–Kier alpha value is -3.30. The van der Waals surface area contributed by atoms with Crippen LogP contribution in [0.2, 0.25) is 0 Å². The Kier molecular flexibility index (Phi) is 5.60. The summed E-state index contributed by atoms with van der Waals surface area (Å²) in [5, 5.41) is 3.47. The highest BCUT2D eigenvalue weighted by Crippen LogP contribution is 2.27. The van der Waals surface area contributed by atoms with Crippen molar-refractivity contribution in [1.82, 2.24) is 14.9 Å². The van der Waals surface area contributed by atoms with E-state index >= 15 is 0 Å². The summed E-state index contributed by atoms with van der Waals surface area (Å²) in [6.45, 7) is 2.26. The minimum atomic E-state index is -5.07. The number of halogens is 3. The predicted octanol–water partition coefficient (Wildman–Crippen LogP) is 2.76. The summed E-state index contributed by atoms with van der Waals surface area (Å²) in [6.07, 6.45) is -3.68. The molecule has 2 aromatic heterocycles. The fourth-order valence-corrected chi connectivity index (χ4v) is 3.25. The third-order valence-corrected chi connectivity index (χ3v) is 4.80. The van der Waals surface area contributed by atoms with Crippen molar-refractivity contribution in [2.45, 2.75) is 32.6 Å². The lowest BCUT2D eigenvalue weighted by atomic mass is 9.99. The van der Waals surface area contributed by atoms with Crippen molar-refractivity contribution in [2.75, 3.05) is 7.11 Å². The van der Waals surface area contributed by atoms with E-state index < -0.39 is 41.9 Å². The molecule has 1 unspecified atom stereocenters. The van der Waals surface area contributed by atoms with E-state index in [4.69, 9.17) is 4.74 Å². The molecule has 2 N–H and O–H groups in total. The van der Waals surface area contributed by atoms with E-state index in [1.165, 1.54) is 27.2 Å². The number of fused-ring (bicyclic) bond motifs is 3. The van der Waals surface area contributed by atoms with Crippen LogP contribution < -0.4 is 15.6 Å². The number of pyridine rings is 1. The molecular weight excluding hydrogens is 403 g/mol. The Bertz CT molecular complexity index is 1180. The molecule has 7 nitrogen and oxygen atoms in total. The van der Waals surface area contributed by atoms with Crippen LogP contribution in [0.1, 0.15) is 13.8 Å². The van der Waals surface area contributed by atoms with Crippen LogP contribution in [0.3, 0.4) is 0 Å². The van der Waals surface area contributed by atoms with E-state index in [-0.39, 0.29) is 5.52 Å². The SMILES string of the molecule is COc1ccc2[nH]c3c(=O)n(CC(=O)NC(C(=O)C(F)(F)F)C(C)C)ccc3c2c1. The Balaban J connectivity index is 1.89. The maximum atomic E-state index is 12.8. The van der Waals surface area contributed by atoms with Gasteiger partial charge in [0.2, 0.25) is 5.91 Å². The summed E-state index contributed by atoms with van der Waals surface area (Å²) < 4.78 is 44.5. The summed E-state index contributed by atoms with van der Waals surface area (Å²) in [5.41, 5.74) is 0.433. The van der Waals surface area contributed by atoms with Crippen LogP contribution in [0.5, 0.6) is 5.75 Å². The van der Waals surface area contributed by atoms with Crippen LogP contribution in [0.4, 0.5) is 13.2 Å². The molecule has 0 bridgehead atoms. The second-order valence-corrected chi connectivity index (χ2v) is 7.23. The van der Waals surface area contributed by atoms with Gasteiger partial charge in [0.05, 0.1) is 13.2 Å². The van der Waals surface area contributed by atoms with Crippen molar-refractivity contribution >= 4 is 33.5 Å². The van der Waals surface area contributed by atoms with Gasteiger partial charge in [0, 0.05) is 22.5 Å². The fourth-order valence-electron chi connectivity index (χ4n) is 3.25. The van der Waals surface area contributed by atoms with Crippen molar-refractivity contribution in [2.24, 2.45) is 5.92 Å². The number of aromatic nitrogens is 2. The number of benzene rings is 1. The largest absolute Gasteiger partial charge is 0.497 e. The first-order chi connectivity index (χ1) is 14.0. The van der Waals surface area contributed by atoms with Gasteiger partial charge in [0.15, 0.2) is 0 Å². The maximum absolute atomic E-state index is 12.8. The monoisotopic (exact) mass is 423 g/mol. The number of alkyl halides is 3. The molecule has 30 heavy (non-hydrogen) atoms. The van der Waals surface area contributed by atoms with Gasteiger partial charge in [0.1, 0.15) is 17.8 Å². The summed E-state index contributed by atoms with van der Waals surface area (Å²) in [6, 6.07) is 5.15. The van der Waals surface area contributed by atoms with E-state index in [0.717, 1.165) is 9.95 Å². The molecule has 0 radical (unpaired) electrons. The van der Waals surface area contributed by atoms with Crippen molar-refractivity contribution in [3.63, 3.8) is 0 Å². The zero-order valence-electron chi connectivity index (χ0n) is 16.5. The van der Waals surface area contributed by atoms with Crippen molar-refractivity contribution in [3.8, 4) is 5.75 Å². The number of ketones is 1. The highest BCUT2D eigenvalue weighted by Gasteiger charge is 2.44.